The van der Waals surface area contributed by atoms with Gasteiger partial charge in [-0.3, -0.25) is 9.88 Å². The first kappa shape index (κ1) is 18.0. The number of hydrogen-bond donors (Lipinski definition) is 0. The lowest BCUT2D eigenvalue weighted by Crippen LogP contribution is -2.35. The second kappa shape index (κ2) is 7.32. The lowest BCUT2D eigenvalue weighted by atomic mass is 9.93. The molecule has 0 saturated heterocycles. The van der Waals surface area contributed by atoms with Gasteiger partial charge in [-0.05, 0) is 53.3 Å². The van der Waals surface area contributed by atoms with Crippen molar-refractivity contribution in [2.24, 2.45) is 0 Å². The molecule has 1 atom stereocenters. The molecule has 3 aromatic rings. The molecule has 2 aromatic heterocycles. The molecular weight excluding hydrogens is 373 g/mol. The lowest BCUT2D eigenvalue weighted by Gasteiger charge is -2.36. The summed E-state index contributed by atoms with van der Waals surface area (Å²) < 4.78 is 41.3. The van der Waals surface area contributed by atoms with Gasteiger partial charge in [0, 0.05) is 24.2 Å². The Labute approximate surface area is 159 Å². The molecule has 0 amide bonds. The maximum Gasteiger partial charge on any atom is 0.573 e. The van der Waals surface area contributed by atoms with Crippen molar-refractivity contribution in [1.82, 2.24) is 9.88 Å². The zero-order chi connectivity index (χ0) is 18.9. The number of fused-ring (bicyclic) bond motifs is 1. The van der Waals surface area contributed by atoms with E-state index in [9.17, 15) is 13.2 Å². The van der Waals surface area contributed by atoms with Crippen LogP contribution in [-0.2, 0) is 13.0 Å². The quantitative estimate of drug-likeness (QED) is 0.613. The van der Waals surface area contributed by atoms with Gasteiger partial charge < -0.3 is 4.74 Å². The average molecular weight is 390 g/mol. The molecule has 27 heavy (non-hydrogen) atoms. The highest BCUT2D eigenvalue weighted by atomic mass is 32.1. The average Bonchev–Trinajstić information content (AvgIpc) is 3.11. The van der Waals surface area contributed by atoms with Crippen molar-refractivity contribution in [3.63, 3.8) is 0 Å². The minimum atomic E-state index is -4.68. The summed E-state index contributed by atoms with van der Waals surface area (Å²) in [5.41, 5.74) is 3.13. The van der Waals surface area contributed by atoms with Crippen LogP contribution in [0, 0.1) is 0 Å². The van der Waals surface area contributed by atoms with Crippen LogP contribution in [0.4, 0.5) is 13.2 Å². The van der Waals surface area contributed by atoms with Crippen molar-refractivity contribution in [2.75, 3.05) is 6.54 Å². The van der Waals surface area contributed by atoms with Crippen molar-refractivity contribution in [3.8, 4) is 5.75 Å². The number of benzene rings is 1. The van der Waals surface area contributed by atoms with E-state index in [4.69, 9.17) is 0 Å². The Kier molecular flexibility index (Phi) is 4.88. The maximum absolute atomic E-state index is 12.4. The molecule has 0 unspecified atom stereocenters. The van der Waals surface area contributed by atoms with E-state index in [-0.39, 0.29) is 11.8 Å². The second-order valence-electron chi connectivity index (χ2n) is 6.36. The smallest absolute Gasteiger partial charge is 0.406 e. The van der Waals surface area contributed by atoms with Crippen LogP contribution in [0.25, 0.3) is 0 Å². The molecule has 0 bridgehead atoms. The summed E-state index contributed by atoms with van der Waals surface area (Å²) in [6, 6.07) is 14.1. The van der Waals surface area contributed by atoms with Crippen LogP contribution in [0.3, 0.4) is 0 Å². The highest BCUT2D eigenvalue weighted by Gasteiger charge is 2.32. The molecular formula is C20H17F3N2OS. The van der Waals surface area contributed by atoms with Gasteiger partial charge in [-0.15, -0.1) is 24.5 Å². The molecule has 1 aromatic carbocycles. The summed E-state index contributed by atoms with van der Waals surface area (Å²) in [5, 5.41) is 2.07. The molecule has 4 rings (SSSR count). The summed E-state index contributed by atoms with van der Waals surface area (Å²) >= 11 is 1.73. The van der Waals surface area contributed by atoms with E-state index in [1.807, 2.05) is 18.2 Å². The molecule has 0 saturated carbocycles. The monoisotopic (exact) mass is 390 g/mol. The molecule has 0 aliphatic carbocycles. The van der Waals surface area contributed by atoms with Gasteiger partial charge in [0.15, 0.2) is 0 Å². The van der Waals surface area contributed by atoms with Gasteiger partial charge in [0.25, 0.3) is 0 Å². The Hall–Kier alpha value is -2.38. The number of halogens is 3. The fourth-order valence-electron chi connectivity index (χ4n) is 3.48. The van der Waals surface area contributed by atoms with Gasteiger partial charge in [0.2, 0.25) is 0 Å². The van der Waals surface area contributed by atoms with Crippen molar-refractivity contribution in [1.29, 1.82) is 0 Å². The van der Waals surface area contributed by atoms with Crippen LogP contribution in [0.2, 0.25) is 0 Å². The fraction of sp³-hybridized carbons (Fsp3) is 0.250. The number of rotatable bonds is 4. The van der Waals surface area contributed by atoms with Crippen LogP contribution in [-0.4, -0.2) is 22.8 Å². The van der Waals surface area contributed by atoms with E-state index < -0.39 is 6.36 Å². The van der Waals surface area contributed by atoms with Gasteiger partial charge in [-0.25, -0.2) is 0 Å². The zero-order valence-corrected chi connectivity index (χ0v) is 15.1. The number of thiophene rings is 1. The Bertz CT molecular complexity index is 894. The first-order chi connectivity index (χ1) is 13.0. The first-order valence-electron chi connectivity index (χ1n) is 8.55. The summed E-state index contributed by atoms with van der Waals surface area (Å²) in [7, 11) is 0. The van der Waals surface area contributed by atoms with Gasteiger partial charge in [0.05, 0.1) is 11.7 Å². The minimum absolute atomic E-state index is 0.0121. The Morgan fingerprint density at radius 3 is 2.63 bits per heavy atom. The van der Waals surface area contributed by atoms with E-state index in [1.54, 1.807) is 29.7 Å². The summed E-state index contributed by atoms with van der Waals surface area (Å²) in [5.74, 6) is -0.205. The van der Waals surface area contributed by atoms with Crippen molar-refractivity contribution in [2.45, 2.75) is 25.4 Å². The number of aromatic nitrogens is 1. The summed E-state index contributed by atoms with van der Waals surface area (Å²) in [6.07, 6.45) is -1.95. The van der Waals surface area contributed by atoms with Crippen LogP contribution >= 0.6 is 11.3 Å². The summed E-state index contributed by atoms with van der Waals surface area (Å²) in [6.45, 7) is 1.55. The molecule has 0 N–H and O–H groups in total. The third kappa shape index (κ3) is 4.14. The van der Waals surface area contributed by atoms with Gasteiger partial charge in [-0.1, -0.05) is 18.2 Å². The van der Waals surface area contributed by atoms with E-state index in [0.717, 1.165) is 24.2 Å². The standard InChI is InChI=1S/C20H17F3N2OS/c21-20(22,23)26-16-6-4-14(5-7-16)19-17-9-12-27-18(17)8-11-25(19)13-15-3-1-2-10-24-15/h1-7,9-10,12,19H,8,11,13H2/t19-/m0/s1. The summed E-state index contributed by atoms with van der Waals surface area (Å²) in [4.78, 5) is 8.06. The molecule has 1 aliphatic rings. The number of hydrogen-bond acceptors (Lipinski definition) is 4. The number of pyridine rings is 1. The van der Waals surface area contributed by atoms with Crippen molar-refractivity contribution in [3.05, 3.63) is 81.8 Å². The SMILES string of the molecule is FC(F)(F)Oc1ccc([C@H]2c3ccsc3CCN2Cc2ccccn2)cc1. The first-order valence-corrected chi connectivity index (χ1v) is 9.43. The molecule has 1 aliphatic heterocycles. The Morgan fingerprint density at radius 2 is 1.93 bits per heavy atom. The van der Waals surface area contributed by atoms with Gasteiger partial charge in [-0.2, -0.15) is 0 Å². The highest BCUT2D eigenvalue weighted by Crippen LogP contribution is 2.39. The highest BCUT2D eigenvalue weighted by molar-refractivity contribution is 7.10. The van der Waals surface area contributed by atoms with Crippen molar-refractivity contribution >= 4 is 11.3 Å². The van der Waals surface area contributed by atoms with E-state index >= 15 is 0 Å². The van der Waals surface area contributed by atoms with Crippen LogP contribution in [0.15, 0.2) is 60.1 Å². The molecule has 7 heteroatoms. The molecule has 140 valence electrons. The van der Waals surface area contributed by atoms with Crippen LogP contribution in [0.5, 0.6) is 5.75 Å². The molecule has 0 spiro atoms. The Morgan fingerprint density at radius 1 is 1.11 bits per heavy atom. The maximum atomic E-state index is 12.4. The molecule has 3 nitrogen and oxygen atoms in total. The molecule has 0 radical (unpaired) electrons. The normalized spacial score (nSPS) is 17.5. The van der Waals surface area contributed by atoms with E-state index in [0.29, 0.717) is 6.54 Å². The van der Waals surface area contributed by atoms with Gasteiger partial charge >= 0.3 is 6.36 Å². The van der Waals surface area contributed by atoms with Crippen LogP contribution in [0.1, 0.15) is 27.7 Å². The largest absolute Gasteiger partial charge is 0.573 e. The third-order valence-corrected chi connectivity index (χ3v) is 5.58. The lowest BCUT2D eigenvalue weighted by molar-refractivity contribution is -0.274. The zero-order valence-electron chi connectivity index (χ0n) is 14.3. The van der Waals surface area contributed by atoms with E-state index in [1.165, 1.54) is 22.6 Å². The van der Waals surface area contributed by atoms with Crippen molar-refractivity contribution < 1.29 is 17.9 Å². The number of ether oxygens (including phenoxy) is 1. The number of alkyl halides is 3. The molecule has 3 heterocycles. The second-order valence-corrected chi connectivity index (χ2v) is 7.36. The Balaban J connectivity index is 1.64. The van der Waals surface area contributed by atoms with E-state index in [2.05, 4.69) is 26.1 Å². The predicted octanol–water partition coefficient (Wildman–Crippen LogP) is 5.19. The predicted molar refractivity (Wildman–Crippen MR) is 97.6 cm³/mol. The minimum Gasteiger partial charge on any atom is -0.406 e. The fourth-order valence-corrected chi connectivity index (χ4v) is 4.38. The van der Waals surface area contributed by atoms with Crippen LogP contribution < -0.4 is 4.74 Å². The molecule has 0 fully saturated rings. The topological polar surface area (TPSA) is 25.4 Å². The third-order valence-electron chi connectivity index (χ3n) is 4.59. The number of nitrogens with zero attached hydrogens (tertiary/aromatic N) is 2. The van der Waals surface area contributed by atoms with Gasteiger partial charge in [0.1, 0.15) is 5.75 Å².